The number of ether oxygens (including phenoxy) is 2. The van der Waals surface area contributed by atoms with E-state index in [1.165, 1.54) is 0 Å². The second kappa shape index (κ2) is 15.6. The Bertz CT molecular complexity index is 1880. The van der Waals surface area contributed by atoms with Gasteiger partial charge in [-0.1, -0.05) is 55.8 Å². The van der Waals surface area contributed by atoms with Gasteiger partial charge in [-0.25, -0.2) is 23.1 Å². The first-order valence-electron chi connectivity index (χ1n) is 19.5. The van der Waals surface area contributed by atoms with E-state index in [9.17, 15) is 13.9 Å². The van der Waals surface area contributed by atoms with Crippen molar-refractivity contribution in [2.75, 3.05) is 25.1 Å². The molecule has 3 aliphatic rings. The molecule has 3 unspecified atom stereocenters. The van der Waals surface area contributed by atoms with Gasteiger partial charge in [0.05, 0.1) is 31.6 Å². The van der Waals surface area contributed by atoms with E-state index in [1.54, 1.807) is 26.4 Å². The number of anilines is 1. The lowest BCUT2D eigenvalue weighted by Crippen LogP contribution is -2.36. The Kier molecular flexibility index (Phi) is 11.1. The molecular formula is C44H53F3N4O3. The number of aliphatic hydroxyl groups excluding tert-OH is 1. The second-order valence-electron chi connectivity index (χ2n) is 16.5. The van der Waals surface area contributed by atoms with Gasteiger partial charge < -0.3 is 19.5 Å². The molecule has 54 heavy (non-hydrogen) atoms. The number of halogens is 3. The molecule has 1 N–H and O–H groups in total. The second-order valence-corrected chi connectivity index (χ2v) is 16.5. The summed E-state index contributed by atoms with van der Waals surface area (Å²) in [6.45, 7) is 9.77. The maximum atomic E-state index is 17.7. The zero-order valence-corrected chi connectivity index (χ0v) is 32.1. The maximum Gasteiger partial charge on any atom is 0.248 e. The van der Waals surface area contributed by atoms with Crippen LogP contribution in [0, 0.1) is 12.3 Å². The van der Waals surface area contributed by atoms with Crippen molar-refractivity contribution >= 4 is 5.95 Å². The van der Waals surface area contributed by atoms with Crippen molar-refractivity contribution in [3.63, 3.8) is 0 Å². The fourth-order valence-corrected chi connectivity index (χ4v) is 8.70. The minimum Gasteiger partial charge on any atom is -0.497 e. The molecule has 4 aromatic rings. The summed E-state index contributed by atoms with van der Waals surface area (Å²) in [5.41, 5.74) is 7.07. The molecule has 1 saturated heterocycles. The number of rotatable bonds is 10. The average molecular weight is 743 g/mol. The molecule has 7 rings (SSSR count). The molecule has 0 amide bonds. The Morgan fingerprint density at radius 2 is 1.54 bits per heavy atom. The van der Waals surface area contributed by atoms with Crippen LogP contribution in [0.1, 0.15) is 146 Å². The summed E-state index contributed by atoms with van der Waals surface area (Å²) < 4.78 is 59.5. The lowest BCUT2D eigenvalue weighted by Gasteiger charge is -2.42. The zero-order valence-electron chi connectivity index (χ0n) is 32.1. The Morgan fingerprint density at radius 3 is 2.15 bits per heavy atom. The third-order valence-electron chi connectivity index (χ3n) is 11.8. The van der Waals surface area contributed by atoms with Crippen LogP contribution in [0.25, 0.3) is 0 Å². The van der Waals surface area contributed by atoms with Gasteiger partial charge in [-0.05, 0) is 92.5 Å². The Morgan fingerprint density at radius 1 is 0.889 bits per heavy atom. The maximum absolute atomic E-state index is 17.7. The highest BCUT2D eigenvalue weighted by molar-refractivity contribution is 5.51. The van der Waals surface area contributed by atoms with Gasteiger partial charge in [0.25, 0.3) is 0 Å². The normalized spacial score (nSPS) is 21.4. The third-order valence-corrected chi connectivity index (χ3v) is 11.8. The van der Waals surface area contributed by atoms with Crippen molar-refractivity contribution < 1.29 is 27.8 Å². The molecule has 2 aromatic carbocycles. The van der Waals surface area contributed by atoms with Crippen LogP contribution in [-0.2, 0) is 17.8 Å². The first-order chi connectivity index (χ1) is 25.8. The molecule has 2 fully saturated rings. The number of fused-ring (bicyclic) bond motifs is 1. The standard InChI is InChI=1S/C44H53F3N4O3/c1-27-6-10-31(11-7-27)40(45)39-37(30-14-18-44(46,47)19-15-30)38-35(22-43(3,4)23-36(38)54-26-29-8-12-34(53-5)13-9-29)50-41(39)32-16-20-51(21-17-32)42-48-24-33(25-49-42)28(2)52/h6-13,24-25,28,30,32,36,40,52H,14-23,26H2,1-5H3. The van der Waals surface area contributed by atoms with Crippen molar-refractivity contribution in [3.05, 3.63) is 111 Å². The largest absolute Gasteiger partial charge is 0.497 e. The topological polar surface area (TPSA) is 80.6 Å². The molecule has 1 saturated carbocycles. The summed E-state index contributed by atoms with van der Waals surface area (Å²) >= 11 is 0. The van der Waals surface area contributed by atoms with Crippen LogP contribution in [0.15, 0.2) is 60.9 Å². The Hall–Kier alpha value is -4.02. The van der Waals surface area contributed by atoms with E-state index in [1.807, 2.05) is 55.5 Å². The monoisotopic (exact) mass is 742 g/mol. The molecule has 10 heteroatoms. The number of aryl methyl sites for hydroxylation is 1. The van der Waals surface area contributed by atoms with Gasteiger partial charge in [0.2, 0.25) is 11.9 Å². The number of benzene rings is 2. The highest BCUT2D eigenvalue weighted by Crippen LogP contribution is 2.53. The predicted octanol–water partition coefficient (Wildman–Crippen LogP) is 10.2. The molecule has 1 aliphatic heterocycles. The highest BCUT2D eigenvalue weighted by atomic mass is 19.3. The third kappa shape index (κ3) is 8.30. The number of aliphatic hydroxyl groups is 1. The molecule has 288 valence electrons. The van der Waals surface area contributed by atoms with Crippen molar-refractivity contribution in [2.24, 2.45) is 5.41 Å². The first kappa shape index (κ1) is 38.3. The Balaban J connectivity index is 1.33. The number of pyridine rings is 1. The van der Waals surface area contributed by atoms with Gasteiger partial charge in [-0.3, -0.25) is 4.98 Å². The smallest absolute Gasteiger partial charge is 0.248 e. The van der Waals surface area contributed by atoms with Crippen LogP contribution in [0.4, 0.5) is 19.1 Å². The van der Waals surface area contributed by atoms with E-state index in [0.29, 0.717) is 68.0 Å². The summed E-state index contributed by atoms with van der Waals surface area (Å²) in [7, 11) is 1.64. The summed E-state index contributed by atoms with van der Waals surface area (Å²) in [6, 6.07) is 15.3. The first-order valence-corrected chi connectivity index (χ1v) is 19.5. The van der Waals surface area contributed by atoms with Crippen LogP contribution < -0.4 is 9.64 Å². The van der Waals surface area contributed by atoms with Crippen LogP contribution in [0.5, 0.6) is 5.75 Å². The van der Waals surface area contributed by atoms with Crippen molar-refractivity contribution in [1.29, 1.82) is 0 Å². The molecule has 2 aromatic heterocycles. The summed E-state index contributed by atoms with van der Waals surface area (Å²) in [4.78, 5) is 16.7. The average Bonchev–Trinajstić information content (AvgIpc) is 3.16. The summed E-state index contributed by atoms with van der Waals surface area (Å²) in [5, 5.41) is 9.95. The lowest BCUT2D eigenvalue weighted by molar-refractivity contribution is -0.0390. The van der Waals surface area contributed by atoms with Crippen molar-refractivity contribution in [2.45, 2.75) is 122 Å². The van der Waals surface area contributed by atoms with Gasteiger partial charge in [0, 0.05) is 66.6 Å². The van der Waals surface area contributed by atoms with E-state index in [-0.39, 0.29) is 49.0 Å². The quantitative estimate of drug-likeness (QED) is 0.173. The number of hydrogen-bond donors (Lipinski definition) is 1. The fourth-order valence-electron chi connectivity index (χ4n) is 8.70. The molecule has 2 aliphatic carbocycles. The molecule has 0 spiro atoms. The van der Waals surface area contributed by atoms with Gasteiger partial charge in [0.15, 0.2) is 6.17 Å². The fraction of sp³-hybridized carbons (Fsp3) is 0.523. The Labute approximate surface area is 317 Å². The highest BCUT2D eigenvalue weighted by Gasteiger charge is 2.44. The van der Waals surface area contributed by atoms with Crippen molar-refractivity contribution in [1.82, 2.24) is 15.0 Å². The number of hydrogen-bond acceptors (Lipinski definition) is 7. The van der Waals surface area contributed by atoms with Gasteiger partial charge >= 0.3 is 0 Å². The van der Waals surface area contributed by atoms with Gasteiger partial charge in [-0.15, -0.1) is 0 Å². The minimum atomic E-state index is -2.73. The minimum absolute atomic E-state index is 0.0468. The number of aromatic nitrogens is 3. The predicted molar refractivity (Wildman–Crippen MR) is 204 cm³/mol. The van der Waals surface area contributed by atoms with E-state index >= 15 is 4.39 Å². The molecular weight excluding hydrogens is 690 g/mol. The lowest BCUT2D eigenvalue weighted by atomic mass is 9.68. The number of alkyl halides is 3. The zero-order chi connectivity index (χ0) is 38.2. The number of piperidine rings is 1. The number of methoxy groups -OCH3 is 1. The summed E-state index contributed by atoms with van der Waals surface area (Å²) in [6.07, 6.45) is 3.75. The van der Waals surface area contributed by atoms with E-state index < -0.39 is 18.2 Å². The SMILES string of the molecule is COc1ccc(COC2CC(C)(C)Cc3nc(C4CCN(c5ncc(C(C)O)cn5)CC4)c(C(F)c4ccc(C)cc4)c(C4CCC(F)(F)CC4)c32)cc1. The van der Waals surface area contributed by atoms with Crippen LogP contribution in [0.2, 0.25) is 0 Å². The van der Waals surface area contributed by atoms with E-state index in [0.717, 1.165) is 39.4 Å². The molecule has 3 heterocycles. The van der Waals surface area contributed by atoms with Crippen LogP contribution in [-0.4, -0.2) is 46.2 Å². The van der Waals surface area contributed by atoms with E-state index in [4.69, 9.17) is 14.5 Å². The molecule has 7 nitrogen and oxygen atoms in total. The molecule has 0 bridgehead atoms. The molecule has 0 radical (unpaired) electrons. The molecule has 3 atom stereocenters. The number of nitrogens with zero attached hydrogens (tertiary/aromatic N) is 4. The van der Waals surface area contributed by atoms with Crippen molar-refractivity contribution in [3.8, 4) is 5.75 Å². The van der Waals surface area contributed by atoms with Gasteiger partial charge in [-0.2, -0.15) is 0 Å². The summed E-state index contributed by atoms with van der Waals surface area (Å²) in [5.74, 6) is -1.66. The van der Waals surface area contributed by atoms with Crippen LogP contribution in [0.3, 0.4) is 0 Å². The van der Waals surface area contributed by atoms with Gasteiger partial charge in [0.1, 0.15) is 5.75 Å². The van der Waals surface area contributed by atoms with Crippen LogP contribution >= 0.6 is 0 Å². The van der Waals surface area contributed by atoms with E-state index in [2.05, 4.69) is 28.7 Å².